The minimum Gasteiger partial charge on any atom is -0.494 e. The number of aromatic nitrogens is 2. The van der Waals surface area contributed by atoms with Crippen LogP contribution in [-0.2, 0) is 18.9 Å². The van der Waals surface area contributed by atoms with Gasteiger partial charge < -0.3 is 48.1 Å². The number of rotatable bonds is 20. The normalized spacial score (nSPS) is 11.1. The van der Waals surface area contributed by atoms with Crippen molar-refractivity contribution in [2.24, 2.45) is 0 Å². The summed E-state index contributed by atoms with van der Waals surface area (Å²) in [5, 5.41) is 17.4. The third kappa shape index (κ3) is 9.41. The van der Waals surface area contributed by atoms with Crippen molar-refractivity contribution in [3.8, 4) is 23.3 Å². The first-order chi connectivity index (χ1) is 16.7. The summed E-state index contributed by atoms with van der Waals surface area (Å²) in [6.07, 6.45) is 0. The number of hydrogen-bond donors (Lipinski definition) is 2. The summed E-state index contributed by atoms with van der Waals surface area (Å²) < 4.78 is 43.6. The number of fused-ring (bicyclic) bond motifs is 1. The van der Waals surface area contributed by atoms with Crippen molar-refractivity contribution in [3.63, 3.8) is 0 Å². The van der Waals surface area contributed by atoms with Crippen LogP contribution in [0.4, 0.5) is 0 Å². The summed E-state index contributed by atoms with van der Waals surface area (Å²) in [5.74, 6) is 1.40. The lowest BCUT2D eigenvalue weighted by atomic mass is 10.2. The molecule has 1 aromatic carbocycles. The van der Waals surface area contributed by atoms with Crippen LogP contribution in [0, 0.1) is 0 Å². The van der Waals surface area contributed by atoms with Gasteiger partial charge in [0.15, 0.2) is 0 Å². The molecule has 2 rings (SSSR count). The average molecular weight is 487 g/mol. The molecule has 0 unspecified atom stereocenters. The monoisotopic (exact) mass is 486 g/mol. The van der Waals surface area contributed by atoms with Gasteiger partial charge in [-0.3, -0.25) is 0 Å². The van der Waals surface area contributed by atoms with Gasteiger partial charge in [-0.25, -0.2) is 9.97 Å². The quantitative estimate of drug-likeness (QED) is 0.251. The van der Waals surface area contributed by atoms with Crippen LogP contribution in [-0.4, -0.2) is 114 Å². The summed E-state index contributed by atoms with van der Waals surface area (Å²) >= 11 is 0. The Labute approximate surface area is 198 Å². The molecule has 0 saturated carbocycles. The highest BCUT2D eigenvalue weighted by Crippen LogP contribution is 2.35. The van der Waals surface area contributed by atoms with Crippen LogP contribution in [0.5, 0.6) is 23.3 Å². The molecule has 0 atom stereocenters. The van der Waals surface area contributed by atoms with Gasteiger partial charge in [0.25, 0.3) is 11.8 Å². The van der Waals surface area contributed by atoms with Crippen LogP contribution in [0.1, 0.15) is 0 Å². The van der Waals surface area contributed by atoms with Crippen LogP contribution in [0.3, 0.4) is 0 Å². The Morgan fingerprint density at radius 1 is 0.559 bits per heavy atom. The molecule has 2 aromatic rings. The molecule has 0 bridgehead atoms. The summed E-state index contributed by atoms with van der Waals surface area (Å²) in [4.78, 5) is 9.11. The zero-order chi connectivity index (χ0) is 24.4. The zero-order valence-electron chi connectivity index (χ0n) is 19.7. The minimum absolute atomic E-state index is 0.0245. The van der Waals surface area contributed by atoms with Crippen molar-refractivity contribution in [3.05, 3.63) is 12.1 Å². The van der Waals surface area contributed by atoms with Gasteiger partial charge in [0.05, 0.1) is 80.3 Å². The number of aliphatic hydroxyl groups is 2. The van der Waals surface area contributed by atoms with Crippen LogP contribution in [0.2, 0.25) is 0 Å². The van der Waals surface area contributed by atoms with E-state index < -0.39 is 0 Å². The second-order valence-corrected chi connectivity index (χ2v) is 6.59. The first-order valence-electron chi connectivity index (χ1n) is 11.0. The van der Waals surface area contributed by atoms with E-state index in [2.05, 4.69) is 9.97 Å². The number of methoxy groups -OCH3 is 2. The van der Waals surface area contributed by atoms with Gasteiger partial charge in [-0.15, -0.1) is 0 Å². The highest BCUT2D eigenvalue weighted by molar-refractivity contribution is 5.87. The molecule has 0 radical (unpaired) electrons. The zero-order valence-corrected chi connectivity index (χ0v) is 19.7. The summed E-state index contributed by atoms with van der Waals surface area (Å²) in [6.45, 7) is 3.04. The summed E-state index contributed by atoms with van der Waals surface area (Å²) in [7, 11) is 3.09. The molecular weight excluding hydrogens is 452 g/mol. The molecule has 0 aliphatic rings. The fourth-order valence-electron chi connectivity index (χ4n) is 2.74. The van der Waals surface area contributed by atoms with Crippen molar-refractivity contribution < 1.29 is 48.1 Å². The number of hydrogen-bond acceptors (Lipinski definition) is 12. The summed E-state index contributed by atoms with van der Waals surface area (Å²) in [5.41, 5.74) is 0.944. The van der Waals surface area contributed by atoms with E-state index in [1.54, 1.807) is 26.4 Å². The van der Waals surface area contributed by atoms with E-state index in [9.17, 15) is 0 Å². The van der Waals surface area contributed by atoms with E-state index in [-0.39, 0.29) is 51.4 Å². The second kappa shape index (κ2) is 17.0. The largest absolute Gasteiger partial charge is 0.494 e. The topological polar surface area (TPSA) is 140 Å². The standard InChI is InChI=1S/C22H34N2O10/c1-27-17-3-4-18(28-2)20-19(17)23-21(33-15-13-31-11-9-29-7-5-25)22(24-20)34-16-14-32-12-10-30-8-6-26/h3-4,25-26H,5-16H2,1-2H3. The molecule has 0 aliphatic heterocycles. The molecule has 12 heteroatoms. The highest BCUT2D eigenvalue weighted by atomic mass is 16.6. The van der Waals surface area contributed by atoms with Gasteiger partial charge in [0.1, 0.15) is 35.7 Å². The Kier molecular flexibility index (Phi) is 13.9. The fraction of sp³-hybridized carbons (Fsp3) is 0.636. The summed E-state index contributed by atoms with van der Waals surface area (Å²) in [6, 6.07) is 3.48. The van der Waals surface area contributed by atoms with Crippen molar-refractivity contribution in [1.82, 2.24) is 9.97 Å². The highest BCUT2D eigenvalue weighted by Gasteiger charge is 2.18. The Morgan fingerprint density at radius 3 is 1.26 bits per heavy atom. The number of benzene rings is 1. The van der Waals surface area contributed by atoms with Crippen molar-refractivity contribution in [1.29, 1.82) is 0 Å². The van der Waals surface area contributed by atoms with Gasteiger partial charge in [-0.2, -0.15) is 0 Å². The van der Waals surface area contributed by atoms with Gasteiger partial charge >= 0.3 is 0 Å². The SMILES string of the molecule is COc1ccc(OC)c2nc(OCCOCCOCCO)c(OCCOCCOCCO)nc12. The van der Waals surface area contributed by atoms with Crippen LogP contribution in [0.15, 0.2) is 12.1 Å². The first-order valence-corrected chi connectivity index (χ1v) is 11.0. The van der Waals surface area contributed by atoms with E-state index >= 15 is 0 Å². The lowest BCUT2D eigenvalue weighted by Crippen LogP contribution is -2.15. The molecule has 34 heavy (non-hydrogen) atoms. The van der Waals surface area contributed by atoms with Crippen LogP contribution in [0.25, 0.3) is 11.0 Å². The molecule has 2 N–H and O–H groups in total. The second-order valence-electron chi connectivity index (χ2n) is 6.59. The Morgan fingerprint density at radius 2 is 0.912 bits per heavy atom. The minimum atomic E-state index is -0.0245. The predicted molar refractivity (Wildman–Crippen MR) is 121 cm³/mol. The Bertz CT molecular complexity index is 757. The van der Waals surface area contributed by atoms with Crippen molar-refractivity contribution in [2.75, 3.05) is 93.5 Å². The third-order valence-electron chi connectivity index (χ3n) is 4.27. The molecule has 192 valence electrons. The smallest absolute Gasteiger partial charge is 0.278 e. The van der Waals surface area contributed by atoms with E-state index in [4.69, 9.17) is 48.1 Å². The van der Waals surface area contributed by atoms with Gasteiger partial charge in [-0.1, -0.05) is 0 Å². The maximum Gasteiger partial charge on any atom is 0.278 e. The molecular formula is C22H34N2O10. The molecule has 1 heterocycles. The van der Waals surface area contributed by atoms with Crippen LogP contribution < -0.4 is 18.9 Å². The van der Waals surface area contributed by atoms with Crippen molar-refractivity contribution >= 4 is 11.0 Å². The molecule has 0 aliphatic carbocycles. The number of nitrogens with zero attached hydrogens (tertiary/aromatic N) is 2. The van der Waals surface area contributed by atoms with Gasteiger partial charge in [-0.05, 0) is 12.1 Å². The molecule has 0 fully saturated rings. The maximum absolute atomic E-state index is 8.69. The Hall–Kier alpha value is -2.48. The predicted octanol–water partition coefficient (Wildman–Crippen LogP) is 0.456. The lowest BCUT2D eigenvalue weighted by molar-refractivity contribution is 0.0215. The fourth-order valence-corrected chi connectivity index (χ4v) is 2.74. The van der Waals surface area contributed by atoms with Gasteiger partial charge in [0.2, 0.25) is 0 Å². The lowest BCUT2D eigenvalue weighted by Gasteiger charge is -2.15. The van der Waals surface area contributed by atoms with E-state index in [1.807, 2.05) is 0 Å². The average Bonchev–Trinajstić information content (AvgIpc) is 2.86. The van der Waals surface area contributed by atoms with Crippen LogP contribution >= 0.6 is 0 Å². The molecule has 0 amide bonds. The molecule has 12 nitrogen and oxygen atoms in total. The van der Waals surface area contributed by atoms with Gasteiger partial charge in [0, 0.05) is 0 Å². The van der Waals surface area contributed by atoms with E-state index in [1.165, 1.54) is 0 Å². The Balaban J connectivity index is 2.01. The maximum atomic E-state index is 8.69. The molecule has 0 spiro atoms. The number of aliphatic hydroxyl groups excluding tert-OH is 2. The van der Waals surface area contributed by atoms with E-state index in [0.717, 1.165) is 0 Å². The van der Waals surface area contributed by atoms with Crippen molar-refractivity contribution in [2.45, 2.75) is 0 Å². The first kappa shape index (κ1) is 27.8. The number of ether oxygens (including phenoxy) is 8. The molecule has 1 aromatic heterocycles. The van der Waals surface area contributed by atoms with E-state index in [0.29, 0.717) is 62.2 Å². The third-order valence-corrected chi connectivity index (χ3v) is 4.27. The molecule has 0 saturated heterocycles.